The van der Waals surface area contributed by atoms with Crippen molar-refractivity contribution in [3.63, 3.8) is 0 Å². The van der Waals surface area contributed by atoms with Gasteiger partial charge < -0.3 is 4.57 Å². The van der Waals surface area contributed by atoms with Crippen LogP contribution in [0.2, 0.25) is 0 Å². The zero-order valence-electron chi connectivity index (χ0n) is 10.5. The molecule has 0 fully saturated rings. The molecule has 2 aromatic heterocycles. The molecular weight excluding hydrogens is 234 g/mol. The summed E-state index contributed by atoms with van der Waals surface area (Å²) >= 11 is 6.23. The summed E-state index contributed by atoms with van der Waals surface area (Å²) < 4.78 is 2.27. The van der Waals surface area contributed by atoms with Crippen molar-refractivity contribution in [2.24, 2.45) is 0 Å². The average Bonchev–Trinajstić information content (AvgIpc) is 2.71. The summed E-state index contributed by atoms with van der Waals surface area (Å²) in [6.45, 7) is 6.36. The van der Waals surface area contributed by atoms with Crippen LogP contribution in [-0.4, -0.2) is 14.5 Å². The van der Waals surface area contributed by atoms with Gasteiger partial charge in [-0.1, -0.05) is 13.8 Å². The Labute approximate surface area is 107 Å². The molecule has 2 heterocycles. The first kappa shape index (κ1) is 12.4. The van der Waals surface area contributed by atoms with Gasteiger partial charge in [0.25, 0.3) is 0 Å². The third kappa shape index (κ3) is 2.16. The summed E-state index contributed by atoms with van der Waals surface area (Å²) in [6.07, 6.45) is 5.78. The molecule has 0 spiro atoms. The van der Waals surface area contributed by atoms with Crippen molar-refractivity contribution in [1.82, 2.24) is 14.5 Å². The highest BCUT2D eigenvalue weighted by Gasteiger charge is 2.19. The van der Waals surface area contributed by atoms with Gasteiger partial charge in [0.2, 0.25) is 0 Å². The normalized spacial score (nSPS) is 13.5. The van der Waals surface area contributed by atoms with Gasteiger partial charge in [0, 0.05) is 12.2 Å². The lowest BCUT2D eigenvalue weighted by Gasteiger charge is -2.19. The van der Waals surface area contributed by atoms with E-state index in [2.05, 4.69) is 28.4 Å². The van der Waals surface area contributed by atoms with Crippen LogP contribution in [0.15, 0.2) is 18.5 Å². The van der Waals surface area contributed by atoms with Crippen molar-refractivity contribution in [1.29, 1.82) is 0 Å². The lowest BCUT2D eigenvalue weighted by Crippen LogP contribution is -2.11. The number of fused-ring (bicyclic) bond motifs is 1. The number of hydrogen-bond donors (Lipinski definition) is 0. The van der Waals surface area contributed by atoms with Crippen LogP contribution < -0.4 is 0 Å². The Morgan fingerprint density at radius 3 is 2.65 bits per heavy atom. The molecule has 1 unspecified atom stereocenters. The molecule has 3 nitrogen and oxygen atoms in total. The predicted molar refractivity (Wildman–Crippen MR) is 71.4 cm³/mol. The first-order chi connectivity index (χ1) is 8.19. The van der Waals surface area contributed by atoms with E-state index < -0.39 is 0 Å². The lowest BCUT2D eigenvalue weighted by molar-refractivity contribution is 0.466. The van der Waals surface area contributed by atoms with Crippen LogP contribution in [0.4, 0.5) is 0 Å². The maximum atomic E-state index is 6.23. The fourth-order valence-electron chi connectivity index (χ4n) is 2.29. The summed E-state index contributed by atoms with van der Waals surface area (Å²) in [7, 11) is 0. The molecule has 0 saturated heterocycles. The maximum Gasteiger partial charge on any atom is 0.128 e. The van der Waals surface area contributed by atoms with Gasteiger partial charge in [0.1, 0.15) is 11.3 Å². The van der Waals surface area contributed by atoms with Gasteiger partial charge in [0.15, 0.2) is 0 Å². The number of alkyl halides is 1. The Balaban J connectivity index is 2.67. The molecule has 0 radical (unpaired) electrons. The van der Waals surface area contributed by atoms with Crippen LogP contribution in [0.1, 0.15) is 50.9 Å². The SMILES string of the molecule is CCC(CC)n1c(C(C)Cl)nc2cnccc21. The Hall–Kier alpha value is -1.09. The number of pyridine rings is 1. The molecule has 0 aliphatic heterocycles. The minimum Gasteiger partial charge on any atom is -0.324 e. The molecule has 2 rings (SSSR count). The second-order valence-electron chi connectivity index (χ2n) is 4.29. The first-order valence-electron chi connectivity index (χ1n) is 6.14. The van der Waals surface area contributed by atoms with Gasteiger partial charge in [-0.15, -0.1) is 11.6 Å². The van der Waals surface area contributed by atoms with E-state index in [1.165, 1.54) is 0 Å². The van der Waals surface area contributed by atoms with Gasteiger partial charge in [-0.25, -0.2) is 4.98 Å². The van der Waals surface area contributed by atoms with Crippen molar-refractivity contribution >= 4 is 22.6 Å². The third-order valence-corrected chi connectivity index (χ3v) is 3.38. The van der Waals surface area contributed by atoms with E-state index in [-0.39, 0.29) is 5.38 Å². The highest BCUT2D eigenvalue weighted by molar-refractivity contribution is 6.20. The second kappa shape index (κ2) is 5.05. The number of nitrogens with zero attached hydrogens (tertiary/aromatic N) is 3. The number of halogens is 1. The third-order valence-electron chi connectivity index (χ3n) is 3.18. The number of aromatic nitrogens is 3. The van der Waals surface area contributed by atoms with Gasteiger partial charge in [-0.05, 0) is 25.8 Å². The van der Waals surface area contributed by atoms with Crippen molar-refractivity contribution < 1.29 is 0 Å². The monoisotopic (exact) mass is 251 g/mol. The predicted octanol–water partition coefficient (Wildman–Crippen LogP) is 4.09. The molecule has 2 aromatic rings. The molecule has 0 N–H and O–H groups in total. The molecule has 0 aromatic carbocycles. The maximum absolute atomic E-state index is 6.23. The van der Waals surface area contributed by atoms with Gasteiger partial charge in [-0.2, -0.15) is 0 Å². The fourth-order valence-corrected chi connectivity index (χ4v) is 2.44. The summed E-state index contributed by atoms with van der Waals surface area (Å²) in [5, 5.41) is -0.0806. The zero-order valence-corrected chi connectivity index (χ0v) is 11.3. The van der Waals surface area contributed by atoms with Gasteiger partial charge >= 0.3 is 0 Å². The quantitative estimate of drug-likeness (QED) is 0.767. The van der Waals surface area contributed by atoms with E-state index in [9.17, 15) is 0 Å². The van der Waals surface area contributed by atoms with E-state index >= 15 is 0 Å². The van der Waals surface area contributed by atoms with Crippen LogP contribution in [0, 0.1) is 0 Å². The standard InChI is InChI=1S/C13H18ClN3/c1-4-10(5-2)17-12-6-7-15-8-11(12)16-13(17)9(3)14/h6-10H,4-5H2,1-3H3. The average molecular weight is 252 g/mol. The highest BCUT2D eigenvalue weighted by atomic mass is 35.5. The van der Waals surface area contributed by atoms with Crippen LogP contribution >= 0.6 is 11.6 Å². The molecule has 0 aliphatic carbocycles. The molecule has 1 atom stereocenters. The van der Waals surface area contributed by atoms with E-state index in [0.717, 1.165) is 29.7 Å². The number of imidazole rings is 1. The largest absolute Gasteiger partial charge is 0.324 e. The molecule has 0 saturated carbocycles. The fraction of sp³-hybridized carbons (Fsp3) is 0.538. The minimum atomic E-state index is -0.0806. The van der Waals surface area contributed by atoms with Crippen molar-refractivity contribution in [3.05, 3.63) is 24.3 Å². The molecule has 17 heavy (non-hydrogen) atoms. The highest BCUT2D eigenvalue weighted by Crippen LogP contribution is 2.30. The summed E-state index contributed by atoms with van der Waals surface area (Å²) in [4.78, 5) is 8.72. The van der Waals surface area contributed by atoms with Gasteiger partial charge in [0.05, 0.1) is 17.1 Å². The van der Waals surface area contributed by atoms with Crippen LogP contribution in [0.5, 0.6) is 0 Å². The molecular formula is C13H18ClN3. The van der Waals surface area contributed by atoms with E-state index in [0.29, 0.717) is 6.04 Å². The van der Waals surface area contributed by atoms with Crippen LogP contribution in [-0.2, 0) is 0 Å². The summed E-state index contributed by atoms with van der Waals surface area (Å²) in [6, 6.07) is 2.47. The van der Waals surface area contributed by atoms with E-state index in [1.807, 2.05) is 19.2 Å². The molecule has 4 heteroatoms. The number of hydrogen-bond acceptors (Lipinski definition) is 2. The zero-order chi connectivity index (χ0) is 12.4. The molecule has 0 amide bonds. The lowest BCUT2D eigenvalue weighted by atomic mass is 10.1. The van der Waals surface area contributed by atoms with Crippen molar-refractivity contribution in [3.8, 4) is 0 Å². The van der Waals surface area contributed by atoms with E-state index in [1.54, 1.807) is 6.20 Å². The molecule has 0 aliphatic rings. The topological polar surface area (TPSA) is 30.7 Å². The Morgan fingerprint density at radius 1 is 1.35 bits per heavy atom. The van der Waals surface area contributed by atoms with Crippen molar-refractivity contribution in [2.45, 2.75) is 45.0 Å². The van der Waals surface area contributed by atoms with E-state index in [4.69, 9.17) is 11.6 Å². The summed E-state index contributed by atoms with van der Waals surface area (Å²) in [5.74, 6) is 0.948. The molecule has 92 valence electrons. The van der Waals surface area contributed by atoms with Crippen LogP contribution in [0.3, 0.4) is 0 Å². The Morgan fingerprint density at radius 2 is 2.06 bits per heavy atom. The van der Waals surface area contributed by atoms with Crippen LogP contribution in [0.25, 0.3) is 11.0 Å². The first-order valence-corrected chi connectivity index (χ1v) is 6.58. The Kier molecular flexibility index (Phi) is 3.67. The Bertz CT molecular complexity index is 500. The molecule has 0 bridgehead atoms. The smallest absolute Gasteiger partial charge is 0.128 e. The van der Waals surface area contributed by atoms with Gasteiger partial charge in [-0.3, -0.25) is 4.98 Å². The second-order valence-corrected chi connectivity index (χ2v) is 4.95. The minimum absolute atomic E-state index is 0.0806. The van der Waals surface area contributed by atoms with Crippen molar-refractivity contribution in [2.75, 3.05) is 0 Å². The number of rotatable bonds is 4. The summed E-state index contributed by atoms with van der Waals surface area (Å²) in [5.41, 5.74) is 2.07.